The number of carbonyl (C=O) groups excluding carboxylic acids is 1. The standard InChI is InChI=1S/C26H33N3O3/c1-4-21(17(2)27-3)22(30)12-18-6-5-9-26(10-7-18)14-20(26)15-29-25(31)23-13-19-8-11-28-16-24(19)32-23/h4,6,8,11,13,16,20,25,29,31H,5,7,9-10,12,14-15H2,1-3H3. The predicted molar refractivity (Wildman–Crippen MR) is 126 cm³/mol. The van der Waals surface area contributed by atoms with Crippen LogP contribution in [0, 0.1) is 11.3 Å². The molecule has 6 heteroatoms. The number of nitrogens with zero attached hydrogens (tertiary/aromatic N) is 2. The van der Waals surface area contributed by atoms with Gasteiger partial charge in [-0.1, -0.05) is 17.7 Å². The first-order chi connectivity index (χ1) is 15.5. The molecule has 2 aromatic heterocycles. The van der Waals surface area contributed by atoms with Gasteiger partial charge in [0, 0.05) is 42.9 Å². The Morgan fingerprint density at radius 3 is 3.06 bits per heavy atom. The number of aliphatic hydroxyl groups excluding tert-OH is 1. The summed E-state index contributed by atoms with van der Waals surface area (Å²) in [6, 6.07) is 3.74. The van der Waals surface area contributed by atoms with Crippen LogP contribution in [-0.4, -0.2) is 35.2 Å². The van der Waals surface area contributed by atoms with Gasteiger partial charge in [-0.2, -0.15) is 0 Å². The molecular weight excluding hydrogens is 402 g/mol. The molecule has 0 amide bonds. The van der Waals surface area contributed by atoms with Crippen LogP contribution in [0.15, 0.2) is 57.2 Å². The normalized spacial score (nSPS) is 25.0. The molecule has 2 heterocycles. The molecule has 0 radical (unpaired) electrons. The highest BCUT2D eigenvalue weighted by molar-refractivity contribution is 6.21. The highest BCUT2D eigenvalue weighted by atomic mass is 16.4. The average molecular weight is 436 g/mol. The number of aliphatic hydroxyl groups is 1. The number of aliphatic imine (C=N–C) groups is 1. The third kappa shape index (κ3) is 4.76. The second-order valence-electron chi connectivity index (χ2n) is 9.15. The number of furan rings is 1. The van der Waals surface area contributed by atoms with Gasteiger partial charge >= 0.3 is 0 Å². The molecule has 1 spiro atoms. The second-order valence-corrected chi connectivity index (χ2v) is 9.15. The van der Waals surface area contributed by atoms with Crippen LogP contribution in [0.4, 0.5) is 0 Å². The quantitative estimate of drug-likeness (QED) is 0.266. The summed E-state index contributed by atoms with van der Waals surface area (Å²) in [6.45, 7) is 4.55. The fraction of sp³-hybridized carbons (Fsp3) is 0.500. The van der Waals surface area contributed by atoms with Gasteiger partial charge in [-0.05, 0) is 69.4 Å². The van der Waals surface area contributed by atoms with Crippen LogP contribution in [0.2, 0.25) is 0 Å². The number of hydrogen-bond acceptors (Lipinski definition) is 6. The third-order valence-electron chi connectivity index (χ3n) is 7.25. The summed E-state index contributed by atoms with van der Waals surface area (Å²) in [4.78, 5) is 21.0. The second kappa shape index (κ2) is 9.51. The molecule has 0 aliphatic heterocycles. The molecule has 2 aliphatic rings. The van der Waals surface area contributed by atoms with E-state index < -0.39 is 6.23 Å². The van der Waals surface area contributed by atoms with Gasteiger partial charge in [0.1, 0.15) is 5.76 Å². The molecule has 0 bridgehead atoms. The largest absolute Gasteiger partial charge is 0.455 e. The van der Waals surface area contributed by atoms with Crippen LogP contribution in [0.5, 0.6) is 0 Å². The molecule has 1 fully saturated rings. The Bertz CT molecular complexity index is 1050. The summed E-state index contributed by atoms with van der Waals surface area (Å²) in [5.41, 5.74) is 3.80. The van der Waals surface area contributed by atoms with Crippen LogP contribution in [0.1, 0.15) is 64.4 Å². The lowest BCUT2D eigenvalue weighted by Gasteiger charge is -2.16. The zero-order chi connectivity index (χ0) is 22.7. The number of pyridine rings is 1. The van der Waals surface area contributed by atoms with Crippen LogP contribution < -0.4 is 5.32 Å². The molecule has 32 heavy (non-hydrogen) atoms. The Morgan fingerprint density at radius 1 is 1.47 bits per heavy atom. The summed E-state index contributed by atoms with van der Waals surface area (Å²) >= 11 is 0. The Hall–Kier alpha value is -2.57. The van der Waals surface area contributed by atoms with E-state index in [0.29, 0.717) is 29.1 Å². The number of carbonyl (C=O) groups is 1. The fourth-order valence-corrected chi connectivity index (χ4v) is 5.08. The van der Waals surface area contributed by atoms with Gasteiger partial charge in [0.15, 0.2) is 17.6 Å². The lowest BCUT2D eigenvalue weighted by atomic mass is 9.91. The first-order valence-electron chi connectivity index (χ1n) is 11.5. The van der Waals surface area contributed by atoms with Crippen LogP contribution >= 0.6 is 0 Å². The number of aromatic nitrogens is 1. The molecule has 6 nitrogen and oxygen atoms in total. The molecule has 2 aromatic rings. The van der Waals surface area contributed by atoms with Crippen molar-refractivity contribution in [2.24, 2.45) is 16.3 Å². The van der Waals surface area contributed by atoms with Crippen molar-refractivity contribution in [2.45, 2.75) is 58.6 Å². The Labute approximate surface area is 189 Å². The van der Waals surface area contributed by atoms with E-state index >= 15 is 0 Å². The lowest BCUT2D eigenvalue weighted by Crippen LogP contribution is -2.24. The Balaban J connectivity index is 1.28. The number of ketones is 1. The zero-order valence-electron chi connectivity index (χ0n) is 19.2. The molecule has 1 saturated carbocycles. The van der Waals surface area contributed by atoms with Crippen LogP contribution in [0.3, 0.4) is 0 Å². The number of hydrogen-bond donors (Lipinski definition) is 2. The number of Topliss-reactive ketones (excluding diaryl/α,β-unsaturated/α-hetero) is 1. The van der Waals surface area contributed by atoms with Crippen LogP contribution in [0.25, 0.3) is 11.0 Å². The average Bonchev–Trinajstić information content (AvgIpc) is 3.37. The van der Waals surface area contributed by atoms with Crippen molar-refractivity contribution in [3.63, 3.8) is 0 Å². The van der Waals surface area contributed by atoms with Crippen molar-refractivity contribution in [3.8, 4) is 0 Å². The highest BCUT2D eigenvalue weighted by Gasteiger charge is 2.52. The van der Waals surface area contributed by atoms with E-state index in [1.54, 1.807) is 19.4 Å². The van der Waals surface area contributed by atoms with Gasteiger partial charge in [-0.15, -0.1) is 0 Å². The molecule has 0 aromatic carbocycles. The zero-order valence-corrected chi connectivity index (χ0v) is 19.2. The van der Waals surface area contributed by atoms with Crippen molar-refractivity contribution in [2.75, 3.05) is 13.6 Å². The summed E-state index contributed by atoms with van der Waals surface area (Å²) in [6.07, 6.45) is 12.6. The summed E-state index contributed by atoms with van der Waals surface area (Å²) in [7, 11) is 1.73. The third-order valence-corrected chi connectivity index (χ3v) is 7.25. The summed E-state index contributed by atoms with van der Waals surface area (Å²) in [5.74, 6) is 1.24. The summed E-state index contributed by atoms with van der Waals surface area (Å²) in [5, 5.41) is 14.7. The predicted octanol–water partition coefficient (Wildman–Crippen LogP) is 4.91. The van der Waals surface area contributed by atoms with Gasteiger partial charge < -0.3 is 9.52 Å². The van der Waals surface area contributed by atoms with E-state index in [-0.39, 0.29) is 5.78 Å². The fourth-order valence-electron chi connectivity index (χ4n) is 5.08. The monoisotopic (exact) mass is 435 g/mol. The van der Waals surface area contributed by atoms with Gasteiger partial charge in [0.2, 0.25) is 0 Å². The minimum Gasteiger partial charge on any atom is -0.455 e. The number of rotatable bonds is 8. The Morgan fingerprint density at radius 2 is 2.31 bits per heavy atom. The first-order valence-corrected chi connectivity index (χ1v) is 11.5. The van der Waals surface area contributed by atoms with E-state index in [2.05, 4.69) is 21.4 Å². The maximum atomic E-state index is 12.7. The number of fused-ring (bicyclic) bond motifs is 1. The molecule has 3 atom stereocenters. The lowest BCUT2D eigenvalue weighted by molar-refractivity contribution is -0.114. The topological polar surface area (TPSA) is 87.7 Å². The Kier molecular flexibility index (Phi) is 6.72. The summed E-state index contributed by atoms with van der Waals surface area (Å²) < 4.78 is 5.72. The molecule has 0 saturated heterocycles. The van der Waals surface area contributed by atoms with Gasteiger partial charge in [-0.3, -0.25) is 20.1 Å². The SMILES string of the molecule is CC=C(C(=O)CC1=CCCC2(CC1)CC2CNC(O)c1cc2ccncc2o1)C(C)=NC. The molecule has 170 valence electrons. The van der Waals surface area contributed by atoms with Crippen molar-refractivity contribution in [1.82, 2.24) is 10.3 Å². The van der Waals surface area contributed by atoms with Crippen molar-refractivity contribution in [3.05, 3.63) is 53.6 Å². The van der Waals surface area contributed by atoms with Gasteiger partial charge in [0.25, 0.3) is 0 Å². The van der Waals surface area contributed by atoms with Crippen LogP contribution in [-0.2, 0) is 4.79 Å². The molecule has 2 aliphatic carbocycles. The van der Waals surface area contributed by atoms with Crippen molar-refractivity contribution in [1.29, 1.82) is 0 Å². The maximum absolute atomic E-state index is 12.7. The minimum atomic E-state index is -0.820. The highest BCUT2D eigenvalue weighted by Crippen LogP contribution is 2.60. The molecule has 3 unspecified atom stereocenters. The number of nitrogens with one attached hydrogen (secondary N) is 1. The first kappa shape index (κ1) is 22.6. The van der Waals surface area contributed by atoms with E-state index in [9.17, 15) is 9.90 Å². The maximum Gasteiger partial charge on any atom is 0.168 e. The smallest absolute Gasteiger partial charge is 0.168 e. The number of allylic oxidation sites excluding steroid dienone is 4. The van der Waals surface area contributed by atoms with Crippen molar-refractivity contribution < 1.29 is 14.3 Å². The molecular formula is C26H33N3O3. The van der Waals surface area contributed by atoms with Gasteiger partial charge in [0.05, 0.1) is 6.20 Å². The molecule has 4 rings (SSSR count). The van der Waals surface area contributed by atoms with E-state index in [1.165, 1.54) is 12.0 Å². The minimum absolute atomic E-state index is 0.163. The van der Waals surface area contributed by atoms with E-state index in [1.807, 2.05) is 32.1 Å². The van der Waals surface area contributed by atoms with E-state index in [4.69, 9.17) is 4.42 Å². The van der Waals surface area contributed by atoms with E-state index in [0.717, 1.165) is 48.9 Å². The molecule has 2 N–H and O–H groups in total. The van der Waals surface area contributed by atoms with Gasteiger partial charge in [-0.25, -0.2) is 0 Å². The van der Waals surface area contributed by atoms with Crippen molar-refractivity contribution >= 4 is 22.5 Å².